The van der Waals surface area contributed by atoms with Gasteiger partial charge < -0.3 is 15.0 Å². The highest BCUT2D eigenvalue weighted by Gasteiger charge is 2.22. The molecular formula is C20H21N3O2S. The molecule has 6 heteroatoms. The Hall–Kier alpha value is -2.60. The minimum atomic E-state index is -0.0640. The lowest BCUT2D eigenvalue weighted by molar-refractivity contribution is -0.123. The van der Waals surface area contributed by atoms with E-state index in [2.05, 4.69) is 21.3 Å². The van der Waals surface area contributed by atoms with Gasteiger partial charge in [-0.3, -0.25) is 4.79 Å². The molecule has 2 heterocycles. The van der Waals surface area contributed by atoms with Crippen molar-refractivity contribution in [2.24, 2.45) is 0 Å². The van der Waals surface area contributed by atoms with Crippen molar-refractivity contribution >= 4 is 33.1 Å². The summed E-state index contributed by atoms with van der Waals surface area (Å²) in [6.07, 6.45) is 3.70. The van der Waals surface area contributed by atoms with E-state index >= 15 is 0 Å². The Morgan fingerprint density at radius 3 is 2.77 bits per heavy atom. The molecule has 5 nitrogen and oxygen atoms in total. The summed E-state index contributed by atoms with van der Waals surface area (Å²) >= 11 is 1.66. The van der Waals surface area contributed by atoms with Gasteiger partial charge in [0.25, 0.3) is 5.91 Å². The van der Waals surface area contributed by atoms with E-state index in [1.807, 2.05) is 48.0 Å². The normalized spacial score (nSPS) is 15.2. The van der Waals surface area contributed by atoms with Crippen LogP contribution in [0.5, 0.6) is 5.75 Å². The first-order valence-electron chi connectivity index (χ1n) is 8.83. The quantitative estimate of drug-likeness (QED) is 0.750. The Kier molecular flexibility index (Phi) is 5.02. The van der Waals surface area contributed by atoms with Gasteiger partial charge in [0.2, 0.25) is 0 Å². The lowest BCUT2D eigenvalue weighted by atomic mass is 10.1. The summed E-state index contributed by atoms with van der Waals surface area (Å²) in [6.45, 7) is 1.89. The number of rotatable bonds is 5. The van der Waals surface area contributed by atoms with E-state index in [4.69, 9.17) is 4.74 Å². The van der Waals surface area contributed by atoms with Crippen molar-refractivity contribution in [2.45, 2.75) is 18.9 Å². The number of piperidine rings is 1. The van der Waals surface area contributed by atoms with Gasteiger partial charge in [0, 0.05) is 30.7 Å². The predicted molar refractivity (Wildman–Crippen MR) is 105 cm³/mol. The first kappa shape index (κ1) is 16.8. The lowest BCUT2D eigenvalue weighted by Gasteiger charge is -2.32. The molecule has 0 aliphatic carbocycles. The van der Waals surface area contributed by atoms with Crippen LogP contribution in [0.25, 0.3) is 10.8 Å². The number of hydrogen-bond donors (Lipinski definition) is 1. The van der Waals surface area contributed by atoms with Crippen LogP contribution in [0, 0.1) is 0 Å². The molecule has 0 radical (unpaired) electrons. The highest BCUT2D eigenvalue weighted by molar-refractivity contribution is 7.13. The second kappa shape index (κ2) is 7.74. The third kappa shape index (κ3) is 3.96. The van der Waals surface area contributed by atoms with Crippen molar-refractivity contribution in [3.05, 3.63) is 54.0 Å². The van der Waals surface area contributed by atoms with Crippen LogP contribution in [0.2, 0.25) is 0 Å². The number of anilines is 1. The fourth-order valence-corrected chi connectivity index (χ4v) is 3.96. The van der Waals surface area contributed by atoms with Crippen LogP contribution < -0.4 is 15.0 Å². The van der Waals surface area contributed by atoms with E-state index in [1.54, 1.807) is 11.3 Å². The average molecular weight is 367 g/mol. The number of fused-ring (bicyclic) bond motifs is 1. The first-order valence-corrected chi connectivity index (χ1v) is 9.71. The van der Waals surface area contributed by atoms with Crippen LogP contribution in [0.4, 0.5) is 5.13 Å². The molecule has 1 aromatic heterocycles. The van der Waals surface area contributed by atoms with Gasteiger partial charge in [0.05, 0.1) is 0 Å². The molecule has 1 aliphatic heterocycles. The van der Waals surface area contributed by atoms with E-state index in [9.17, 15) is 4.79 Å². The van der Waals surface area contributed by atoms with E-state index in [0.29, 0.717) is 0 Å². The molecule has 2 aromatic carbocycles. The molecular weight excluding hydrogens is 346 g/mol. The highest BCUT2D eigenvalue weighted by atomic mass is 32.1. The second-order valence-corrected chi connectivity index (χ2v) is 7.31. The standard InChI is InChI=1S/C20H21N3O2S/c24-19(14-25-18-6-5-15-3-1-2-4-16(15)13-18)22-17-7-10-23(11-8-17)20-21-9-12-26-20/h1-6,9,12-13,17H,7-8,10-11,14H2,(H,22,24). The molecule has 134 valence electrons. The monoisotopic (exact) mass is 367 g/mol. The number of carbonyl (C=O) groups is 1. The number of ether oxygens (including phenoxy) is 1. The fourth-order valence-electron chi connectivity index (χ4n) is 3.26. The van der Waals surface area contributed by atoms with Gasteiger partial charge in [0.1, 0.15) is 5.75 Å². The summed E-state index contributed by atoms with van der Waals surface area (Å²) in [5, 5.41) is 8.42. The van der Waals surface area contributed by atoms with Gasteiger partial charge in [-0.1, -0.05) is 30.3 Å². The lowest BCUT2D eigenvalue weighted by Crippen LogP contribution is -2.46. The molecule has 1 aliphatic rings. The number of carbonyl (C=O) groups excluding carboxylic acids is 1. The summed E-state index contributed by atoms with van der Waals surface area (Å²) in [4.78, 5) is 18.8. The molecule has 4 rings (SSSR count). The maximum absolute atomic E-state index is 12.2. The zero-order chi connectivity index (χ0) is 17.8. The average Bonchev–Trinajstić information content (AvgIpc) is 3.22. The summed E-state index contributed by atoms with van der Waals surface area (Å²) in [5.74, 6) is 0.656. The number of thiazole rings is 1. The Labute approximate surface area is 156 Å². The molecule has 0 atom stereocenters. The molecule has 3 aromatic rings. The van der Waals surface area contributed by atoms with Crippen LogP contribution in [0.15, 0.2) is 54.0 Å². The van der Waals surface area contributed by atoms with Crippen LogP contribution in [-0.4, -0.2) is 36.6 Å². The Bertz CT molecular complexity index is 874. The van der Waals surface area contributed by atoms with Crippen molar-refractivity contribution in [1.82, 2.24) is 10.3 Å². The van der Waals surface area contributed by atoms with Gasteiger partial charge in [-0.25, -0.2) is 4.98 Å². The number of benzene rings is 2. The topological polar surface area (TPSA) is 54.5 Å². The van der Waals surface area contributed by atoms with Crippen molar-refractivity contribution in [3.8, 4) is 5.75 Å². The molecule has 0 saturated carbocycles. The Balaban J connectivity index is 1.25. The van der Waals surface area contributed by atoms with Crippen LogP contribution in [-0.2, 0) is 4.79 Å². The minimum Gasteiger partial charge on any atom is -0.484 e. The minimum absolute atomic E-state index is 0.0467. The van der Waals surface area contributed by atoms with Crippen molar-refractivity contribution in [2.75, 3.05) is 24.6 Å². The van der Waals surface area contributed by atoms with Crippen molar-refractivity contribution < 1.29 is 9.53 Å². The van der Waals surface area contributed by atoms with Crippen molar-refractivity contribution in [1.29, 1.82) is 0 Å². The van der Waals surface area contributed by atoms with Gasteiger partial charge in [-0.15, -0.1) is 11.3 Å². The van der Waals surface area contributed by atoms with E-state index in [-0.39, 0.29) is 18.6 Å². The van der Waals surface area contributed by atoms with E-state index in [0.717, 1.165) is 47.6 Å². The first-order chi connectivity index (χ1) is 12.8. The highest BCUT2D eigenvalue weighted by Crippen LogP contribution is 2.22. The molecule has 26 heavy (non-hydrogen) atoms. The predicted octanol–water partition coefficient (Wildman–Crippen LogP) is 3.46. The molecule has 1 fully saturated rings. The zero-order valence-corrected chi connectivity index (χ0v) is 15.2. The van der Waals surface area contributed by atoms with Crippen LogP contribution in [0.1, 0.15) is 12.8 Å². The smallest absolute Gasteiger partial charge is 0.258 e. The third-order valence-electron chi connectivity index (χ3n) is 4.64. The SMILES string of the molecule is O=C(COc1ccc2ccccc2c1)NC1CCN(c2nccs2)CC1. The van der Waals surface area contributed by atoms with Gasteiger partial charge >= 0.3 is 0 Å². The van der Waals surface area contributed by atoms with Crippen LogP contribution >= 0.6 is 11.3 Å². The number of nitrogens with zero attached hydrogens (tertiary/aromatic N) is 2. The fraction of sp³-hybridized carbons (Fsp3) is 0.300. The van der Waals surface area contributed by atoms with E-state index < -0.39 is 0 Å². The van der Waals surface area contributed by atoms with Gasteiger partial charge in [0.15, 0.2) is 11.7 Å². The molecule has 0 bridgehead atoms. The molecule has 1 amide bonds. The van der Waals surface area contributed by atoms with Crippen molar-refractivity contribution in [3.63, 3.8) is 0 Å². The zero-order valence-electron chi connectivity index (χ0n) is 14.4. The molecule has 1 N–H and O–H groups in total. The van der Waals surface area contributed by atoms with E-state index in [1.165, 1.54) is 0 Å². The third-order valence-corrected chi connectivity index (χ3v) is 5.47. The summed E-state index contributed by atoms with van der Waals surface area (Å²) < 4.78 is 5.67. The number of aromatic nitrogens is 1. The van der Waals surface area contributed by atoms with Crippen LogP contribution in [0.3, 0.4) is 0 Å². The number of hydrogen-bond acceptors (Lipinski definition) is 5. The number of nitrogens with one attached hydrogen (secondary N) is 1. The Morgan fingerprint density at radius 2 is 2.00 bits per heavy atom. The maximum Gasteiger partial charge on any atom is 0.258 e. The van der Waals surface area contributed by atoms with Gasteiger partial charge in [-0.05, 0) is 35.7 Å². The van der Waals surface area contributed by atoms with Gasteiger partial charge in [-0.2, -0.15) is 0 Å². The summed E-state index contributed by atoms with van der Waals surface area (Å²) in [5.41, 5.74) is 0. The molecule has 1 saturated heterocycles. The largest absolute Gasteiger partial charge is 0.484 e. The second-order valence-electron chi connectivity index (χ2n) is 6.44. The number of amides is 1. The Morgan fingerprint density at radius 1 is 1.19 bits per heavy atom. The maximum atomic E-state index is 12.2. The molecule has 0 spiro atoms. The summed E-state index contributed by atoms with van der Waals surface area (Å²) in [6, 6.07) is 14.2. The summed E-state index contributed by atoms with van der Waals surface area (Å²) in [7, 11) is 0. The molecule has 0 unspecified atom stereocenters.